The fraction of sp³-hybridized carbons (Fsp3) is 0.222. The summed E-state index contributed by atoms with van der Waals surface area (Å²) in [5.74, 6) is 0. The molecule has 138 valence electrons. The Morgan fingerprint density at radius 2 is 0.846 bits per heavy atom. The molecule has 2 rings (SSSR count). The van der Waals surface area contributed by atoms with Gasteiger partial charge >= 0.3 is 12.4 Å². The normalized spacial score (nSPS) is 13.8. The largest absolute Gasteiger partial charge is 0.416 e. The van der Waals surface area contributed by atoms with Crippen LogP contribution in [0.3, 0.4) is 0 Å². The summed E-state index contributed by atoms with van der Waals surface area (Å²) >= 11 is 0. The lowest BCUT2D eigenvalue weighted by molar-refractivity contribution is -0.138. The third kappa shape index (κ3) is 4.93. The van der Waals surface area contributed by atoms with E-state index in [2.05, 4.69) is 10.2 Å². The van der Waals surface area contributed by atoms with Gasteiger partial charge in [-0.2, -0.15) is 36.5 Å². The van der Waals surface area contributed by atoms with Crippen LogP contribution in [-0.4, -0.2) is 11.4 Å². The van der Waals surface area contributed by atoms with Crippen molar-refractivity contribution in [1.82, 2.24) is 0 Å². The molecule has 2 aromatic carbocycles. The summed E-state index contributed by atoms with van der Waals surface area (Å²) in [7, 11) is 0. The summed E-state index contributed by atoms with van der Waals surface area (Å²) in [6.45, 7) is 3.15. The number of rotatable bonds is 3. The number of benzene rings is 2. The van der Waals surface area contributed by atoms with E-state index in [-0.39, 0.29) is 0 Å². The zero-order valence-electron chi connectivity index (χ0n) is 13.8. The van der Waals surface area contributed by atoms with Crippen LogP contribution in [-0.2, 0) is 12.4 Å². The third-order valence-electron chi connectivity index (χ3n) is 3.61. The van der Waals surface area contributed by atoms with Crippen LogP contribution in [0, 0.1) is 0 Å². The van der Waals surface area contributed by atoms with Crippen LogP contribution < -0.4 is 0 Å². The van der Waals surface area contributed by atoms with Crippen LogP contribution in [0.4, 0.5) is 26.3 Å². The molecule has 0 atom stereocenters. The Labute approximate surface area is 145 Å². The van der Waals surface area contributed by atoms with Crippen molar-refractivity contribution in [3.8, 4) is 0 Å². The first-order valence-electron chi connectivity index (χ1n) is 7.42. The lowest BCUT2D eigenvalue weighted by atomic mass is 10.1. The molecule has 0 aliphatic rings. The van der Waals surface area contributed by atoms with Crippen molar-refractivity contribution < 1.29 is 26.3 Å². The predicted octanol–water partition coefficient (Wildman–Crippen LogP) is 5.96. The maximum atomic E-state index is 12.5. The van der Waals surface area contributed by atoms with Gasteiger partial charge in [0.25, 0.3) is 0 Å². The summed E-state index contributed by atoms with van der Waals surface area (Å²) < 4.78 is 75.3. The zero-order valence-corrected chi connectivity index (χ0v) is 13.8. The van der Waals surface area contributed by atoms with Crippen molar-refractivity contribution in [2.24, 2.45) is 10.2 Å². The molecule has 0 amide bonds. The first kappa shape index (κ1) is 19.7. The van der Waals surface area contributed by atoms with Crippen molar-refractivity contribution in [1.29, 1.82) is 0 Å². The van der Waals surface area contributed by atoms with Gasteiger partial charge in [-0.05, 0) is 49.2 Å². The van der Waals surface area contributed by atoms with Crippen molar-refractivity contribution >= 4 is 11.4 Å². The average molecular weight is 372 g/mol. The average Bonchev–Trinajstić information content (AvgIpc) is 2.58. The predicted molar refractivity (Wildman–Crippen MR) is 87.3 cm³/mol. The lowest BCUT2D eigenvalue weighted by Gasteiger charge is -2.07. The lowest BCUT2D eigenvalue weighted by Crippen LogP contribution is -2.06. The Morgan fingerprint density at radius 3 is 1.08 bits per heavy atom. The van der Waals surface area contributed by atoms with Gasteiger partial charge in [-0.25, -0.2) is 0 Å². The minimum Gasteiger partial charge on any atom is -0.166 e. The molecule has 0 heterocycles. The highest BCUT2D eigenvalue weighted by Gasteiger charge is 2.30. The van der Waals surface area contributed by atoms with Crippen LogP contribution in [0.25, 0.3) is 0 Å². The van der Waals surface area contributed by atoms with Gasteiger partial charge in [-0.15, -0.1) is 0 Å². The number of alkyl halides is 6. The van der Waals surface area contributed by atoms with E-state index >= 15 is 0 Å². The van der Waals surface area contributed by atoms with Crippen molar-refractivity contribution in [2.45, 2.75) is 26.2 Å². The summed E-state index contributed by atoms with van der Waals surface area (Å²) in [6.07, 6.45) is -8.83. The molecular formula is C18H14F6N2. The van der Waals surface area contributed by atoms with Crippen LogP contribution in [0.1, 0.15) is 36.1 Å². The Balaban J connectivity index is 2.18. The minimum atomic E-state index is -4.42. The molecule has 0 fully saturated rings. The topological polar surface area (TPSA) is 24.7 Å². The van der Waals surface area contributed by atoms with Crippen molar-refractivity contribution in [3.63, 3.8) is 0 Å². The molecule has 0 bridgehead atoms. The molecule has 0 unspecified atom stereocenters. The van der Waals surface area contributed by atoms with Crippen molar-refractivity contribution in [2.75, 3.05) is 0 Å². The van der Waals surface area contributed by atoms with Gasteiger partial charge in [-0.1, -0.05) is 24.3 Å². The van der Waals surface area contributed by atoms with E-state index < -0.39 is 23.5 Å². The quantitative estimate of drug-likeness (QED) is 0.361. The fourth-order valence-corrected chi connectivity index (χ4v) is 2.07. The standard InChI is InChI=1S/C18H14F6N2/c1-11(13-3-7-15(8-4-13)17(19,20)21)25-26-12(2)14-5-9-16(10-6-14)18(22,23)24/h3-10H,1-2H3. The SMILES string of the molecule is CC(=NN=C(C)c1ccc(C(F)(F)F)cc1)c1ccc(C(F)(F)F)cc1. The van der Waals surface area contributed by atoms with Gasteiger partial charge in [0, 0.05) is 0 Å². The molecule has 0 aromatic heterocycles. The molecule has 2 aromatic rings. The highest BCUT2D eigenvalue weighted by atomic mass is 19.4. The van der Waals surface area contributed by atoms with E-state index in [1.807, 2.05) is 0 Å². The Bertz CT molecular complexity index is 741. The van der Waals surface area contributed by atoms with Gasteiger partial charge in [0.1, 0.15) is 0 Å². The molecule has 8 heteroatoms. The Morgan fingerprint density at radius 1 is 0.577 bits per heavy atom. The van der Waals surface area contributed by atoms with Crippen LogP contribution >= 0.6 is 0 Å². The van der Waals surface area contributed by atoms with E-state index in [9.17, 15) is 26.3 Å². The first-order valence-corrected chi connectivity index (χ1v) is 7.42. The van der Waals surface area contributed by atoms with E-state index in [4.69, 9.17) is 0 Å². The molecule has 0 N–H and O–H groups in total. The van der Waals surface area contributed by atoms with Crippen molar-refractivity contribution in [3.05, 3.63) is 70.8 Å². The molecule has 0 radical (unpaired) electrons. The second-order valence-corrected chi connectivity index (χ2v) is 5.52. The molecule has 0 saturated carbocycles. The van der Waals surface area contributed by atoms with Crippen LogP contribution in [0.5, 0.6) is 0 Å². The molecule has 0 spiro atoms. The first-order chi connectivity index (χ1) is 12.0. The smallest absolute Gasteiger partial charge is 0.166 e. The maximum Gasteiger partial charge on any atom is 0.416 e. The summed E-state index contributed by atoms with van der Waals surface area (Å²) in [5, 5.41) is 7.87. The second kappa shape index (κ2) is 7.31. The number of hydrogen-bond acceptors (Lipinski definition) is 2. The van der Waals surface area contributed by atoms with Gasteiger partial charge in [0.05, 0.1) is 22.6 Å². The van der Waals surface area contributed by atoms with E-state index in [0.29, 0.717) is 22.6 Å². The zero-order chi connectivity index (χ0) is 19.5. The summed E-state index contributed by atoms with van der Waals surface area (Å²) in [6, 6.07) is 8.91. The Kier molecular flexibility index (Phi) is 5.53. The Hall–Kier alpha value is -2.64. The molecule has 0 aliphatic heterocycles. The van der Waals surface area contributed by atoms with E-state index in [0.717, 1.165) is 24.3 Å². The summed E-state index contributed by atoms with van der Waals surface area (Å²) in [5.41, 5.74) is 0.149. The van der Waals surface area contributed by atoms with E-state index in [1.165, 1.54) is 24.3 Å². The summed E-state index contributed by atoms with van der Waals surface area (Å²) in [4.78, 5) is 0. The number of nitrogens with zero attached hydrogens (tertiary/aromatic N) is 2. The third-order valence-corrected chi connectivity index (χ3v) is 3.61. The van der Waals surface area contributed by atoms with Gasteiger partial charge in [0.2, 0.25) is 0 Å². The van der Waals surface area contributed by atoms with E-state index in [1.54, 1.807) is 13.8 Å². The maximum absolute atomic E-state index is 12.5. The van der Waals surface area contributed by atoms with Crippen LogP contribution in [0.15, 0.2) is 58.7 Å². The van der Waals surface area contributed by atoms with Gasteiger partial charge in [0.15, 0.2) is 0 Å². The fourth-order valence-electron chi connectivity index (χ4n) is 2.07. The van der Waals surface area contributed by atoms with Crippen LogP contribution in [0.2, 0.25) is 0 Å². The monoisotopic (exact) mass is 372 g/mol. The second-order valence-electron chi connectivity index (χ2n) is 5.52. The molecular weight excluding hydrogens is 358 g/mol. The molecule has 0 aliphatic carbocycles. The molecule has 2 nitrogen and oxygen atoms in total. The molecule has 26 heavy (non-hydrogen) atoms. The number of halogens is 6. The van der Waals surface area contributed by atoms with Gasteiger partial charge in [-0.3, -0.25) is 0 Å². The number of hydrogen-bond donors (Lipinski definition) is 0. The molecule has 0 saturated heterocycles. The highest BCUT2D eigenvalue weighted by Crippen LogP contribution is 2.30. The highest BCUT2D eigenvalue weighted by molar-refractivity contribution is 6.01. The van der Waals surface area contributed by atoms with Gasteiger partial charge < -0.3 is 0 Å². The minimum absolute atomic E-state index is 0.380.